The molecule has 1 aromatic rings. The SMILES string of the molecule is CC(O)(CNS(=O)(=O)C1CC1)Cc1ccco1. The molecule has 0 aromatic carbocycles. The molecule has 1 aliphatic rings. The van der Waals surface area contributed by atoms with Crippen LogP contribution >= 0.6 is 0 Å². The van der Waals surface area contributed by atoms with Crippen molar-refractivity contribution in [3.8, 4) is 0 Å². The standard InChI is InChI=1S/C11H17NO4S/c1-11(13,7-9-3-2-6-16-9)8-12-17(14,15)10-4-5-10/h2-3,6,10,12-13H,4-5,7-8H2,1H3. The van der Waals surface area contributed by atoms with Gasteiger partial charge in [0.1, 0.15) is 5.76 Å². The summed E-state index contributed by atoms with van der Waals surface area (Å²) in [6, 6.07) is 3.49. The van der Waals surface area contributed by atoms with E-state index in [9.17, 15) is 13.5 Å². The Bertz CT molecular complexity index is 460. The Morgan fingerprint density at radius 1 is 1.59 bits per heavy atom. The Labute approximate surface area is 101 Å². The van der Waals surface area contributed by atoms with Gasteiger partial charge in [0, 0.05) is 13.0 Å². The lowest BCUT2D eigenvalue weighted by Gasteiger charge is -2.22. The van der Waals surface area contributed by atoms with Crippen LogP contribution in [0.2, 0.25) is 0 Å². The summed E-state index contributed by atoms with van der Waals surface area (Å²) in [5, 5.41) is 9.80. The summed E-state index contributed by atoms with van der Waals surface area (Å²) in [4.78, 5) is 0. The molecule has 1 unspecified atom stereocenters. The third kappa shape index (κ3) is 3.55. The minimum Gasteiger partial charge on any atom is -0.469 e. The highest BCUT2D eigenvalue weighted by Gasteiger charge is 2.36. The van der Waals surface area contributed by atoms with Gasteiger partial charge in [0.2, 0.25) is 10.0 Å². The predicted octanol–water partition coefficient (Wildman–Crippen LogP) is 0.655. The molecule has 1 aromatic heterocycles. The monoisotopic (exact) mass is 259 g/mol. The van der Waals surface area contributed by atoms with Gasteiger partial charge in [-0.3, -0.25) is 0 Å². The van der Waals surface area contributed by atoms with Gasteiger partial charge in [-0.2, -0.15) is 0 Å². The van der Waals surface area contributed by atoms with Gasteiger partial charge in [0.15, 0.2) is 0 Å². The Hall–Kier alpha value is -0.850. The molecule has 2 rings (SSSR count). The fraction of sp³-hybridized carbons (Fsp3) is 0.636. The van der Waals surface area contributed by atoms with Crippen LogP contribution in [0.5, 0.6) is 0 Å². The average Bonchev–Trinajstić information content (AvgIpc) is 2.98. The lowest BCUT2D eigenvalue weighted by molar-refractivity contribution is 0.0603. The van der Waals surface area contributed by atoms with Crippen LogP contribution in [0.4, 0.5) is 0 Å². The van der Waals surface area contributed by atoms with Crippen LogP contribution in [0.3, 0.4) is 0 Å². The molecule has 17 heavy (non-hydrogen) atoms. The van der Waals surface area contributed by atoms with Gasteiger partial charge in [0.25, 0.3) is 0 Å². The number of furan rings is 1. The van der Waals surface area contributed by atoms with E-state index in [1.54, 1.807) is 19.1 Å². The second-order valence-electron chi connectivity index (χ2n) is 4.82. The molecule has 1 saturated carbocycles. The highest BCUT2D eigenvalue weighted by Crippen LogP contribution is 2.27. The smallest absolute Gasteiger partial charge is 0.214 e. The zero-order valence-electron chi connectivity index (χ0n) is 9.72. The van der Waals surface area contributed by atoms with E-state index in [1.807, 2.05) is 0 Å². The molecule has 96 valence electrons. The van der Waals surface area contributed by atoms with E-state index in [-0.39, 0.29) is 18.2 Å². The van der Waals surface area contributed by atoms with Crippen molar-refractivity contribution >= 4 is 10.0 Å². The second-order valence-corrected chi connectivity index (χ2v) is 6.86. The normalized spacial score (nSPS) is 20.1. The summed E-state index contributed by atoms with van der Waals surface area (Å²) in [7, 11) is -3.24. The summed E-state index contributed by atoms with van der Waals surface area (Å²) >= 11 is 0. The fourth-order valence-electron chi connectivity index (χ4n) is 1.60. The Morgan fingerprint density at radius 2 is 2.29 bits per heavy atom. The first-order valence-corrected chi connectivity index (χ1v) is 7.17. The van der Waals surface area contributed by atoms with Crippen molar-refractivity contribution in [2.45, 2.75) is 37.0 Å². The second kappa shape index (κ2) is 4.44. The van der Waals surface area contributed by atoms with E-state index in [1.165, 1.54) is 6.26 Å². The summed E-state index contributed by atoms with van der Waals surface area (Å²) in [6.45, 7) is 1.59. The minimum absolute atomic E-state index is 0.00648. The molecule has 2 N–H and O–H groups in total. The van der Waals surface area contributed by atoms with Crippen LogP contribution in [0, 0.1) is 0 Å². The highest BCUT2D eigenvalue weighted by molar-refractivity contribution is 7.90. The van der Waals surface area contributed by atoms with Crippen molar-refractivity contribution in [1.82, 2.24) is 4.72 Å². The van der Waals surface area contributed by atoms with Crippen molar-refractivity contribution < 1.29 is 17.9 Å². The Morgan fingerprint density at radius 3 is 2.82 bits per heavy atom. The molecule has 6 heteroatoms. The minimum atomic E-state index is -3.24. The molecule has 0 aliphatic heterocycles. The molecule has 1 heterocycles. The van der Waals surface area contributed by atoms with Crippen LogP contribution in [-0.4, -0.2) is 30.9 Å². The van der Waals surface area contributed by atoms with Crippen molar-refractivity contribution in [3.63, 3.8) is 0 Å². The number of sulfonamides is 1. The van der Waals surface area contributed by atoms with E-state index < -0.39 is 15.6 Å². The summed E-state index contributed by atoms with van der Waals surface area (Å²) in [5.74, 6) is 0.639. The third-order valence-electron chi connectivity index (χ3n) is 2.75. The van der Waals surface area contributed by atoms with Crippen LogP contribution in [-0.2, 0) is 16.4 Å². The highest BCUT2D eigenvalue weighted by atomic mass is 32.2. The van der Waals surface area contributed by atoms with Gasteiger partial charge in [-0.25, -0.2) is 13.1 Å². The first-order chi connectivity index (χ1) is 7.89. The van der Waals surface area contributed by atoms with E-state index in [2.05, 4.69) is 4.72 Å². The van der Waals surface area contributed by atoms with Crippen molar-refractivity contribution in [1.29, 1.82) is 0 Å². The molecule has 1 fully saturated rings. The molecule has 0 radical (unpaired) electrons. The number of aliphatic hydroxyl groups is 1. The summed E-state index contributed by atoms with van der Waals surface area (Å²) in [5.41, 5.74) is -1.14. The van der Waals surface area contributed by atoms with Gasteiger partial charge >= 0.3 is 0 Å². The van der Waals surface area contributed by atoms with E-state index in [4.69, 9.17) is 4.42 Å². The number of hydrogen-bond acceptors (Lipinski definition) is 4. The van der Waals surface area contributed by atoms with Gasteiger partial charge in [0.05, 0.1) is 17.1 Å². The van der Waals surface area contributed by atoms with Gasteiger partial charge < -0.3 is 9.52 Å². The molecule has 5 nitrogen and oxygen atoms in total. The average molecular weight is 259 g/mol. The zero-order valence-corrected chi connectivity index (χ0v) is 10.5. The molecule has 1 atom stereocenters. The fourth-order valence-corrected chi connectivity index (χ4v) is 3.11. The van der Waals surface area contributed by atoms with Crippen molar-refractivity contribution in [2.24, 2.45) is 0 Å². The predicted molar refractivity (Wildman–Crippen MR) is 63.0 cm³/mol. The number of rotatable bonds is 6. The van der Waals surface area contributed by atoms with Crippen LogP contribution in [0.1, 0.15) is 25.5 Å². The topological polar surface area (TPSA) is 79.5 Å². The Balaban J connectivity index is 1.88. The largest absolute Gasteiger partial charge is 0.469 e. The first-order valence-electron chi connectivity index (χ1n) is 5.62. The quantitative estimate of drug-likeness (QED) is 0.786. The van der Waals surface area contributed by atoms with Crippen molar-refractivity contribution in [3.05, 3.63) is 24.2 Å². The molecular formula is C11H17NO4S. The van der Waals surface area contributed by atoms with Gasteiger partial charge in [-0.15, -0.1) is 0 Å². The van der Waals surface area contributed by atoms with E-state index in [0.29, 0.717) is 5.76 Å². The lowest BCUT2D eigenvalue weighted by atomic mass is 10.0. The molecular weight excluding hydrogens is 242 g/mol. The number of hydrogen-bond donors (Lipinski definition) is 2. The van der Waals surface area contributed by atoms with Gasteiger partial charge in [-0.1, -0.05) is 0 Å². The zero-order chi connectivity index (χ0) is 12.5. The van der Waals surface area contributed by atoms with Crippen molar-refractivity contribution in [2.75, 3.05) is 6.54 Å². The summed E-state index contributed by atoms with van der Waals surface area (Å²) < 4.78 is 30.8. The molecule has 1 aliphatic carbocycles. The lowest BCUT2D eigenvalue weighted by Crippen LogP contribution is -2.43. The molecule has 0 spiro atoms. The van der Waals surface area contributed by atoms with Crippen LogP contribution in [0.15, 0.2) is 22.8 Å². The first kappa shape index (κ1) is 12.6. The molecule has 0 bridgehead atoms. The molecule has 0 saturated heterocycles. The summed E-state index contributed by atoms with van der Waals surface area (Å²) in [6.07, 6.45) is 3.25. The maximum atomic E-state index is 11.6. The third-order valence-corrected chi connectivity index (χ3v) is 4.65. The molecule has 0 amide bonds. The van der Waals surface area contributed by atoms with E-state index >= 15 is 0 Å². The van der Waals surface area contributed by atoms with Gasteiger partial charge in [-0.05, 0) is 31.9 Å². The maximum Gasteiger partial charge on any atom is 0.214 e. The van der Waals surface area contributed by atoms with Crippen LogP contribution < -0.4 is 4.72 Å². The van der Waals surface area contributed by atoms with Crippen LogP contribution in [0.25, 0.3) is 0 Å². The maximum absolute atomic E-state index is 11.6. The van der Waals surface area contributed by atoms with E-state index in [0.717, 1.165) is 12.8 Å². The number of nitrogens with one attached hydrogen (secondary N) is 1. The Kier molecular flexibility index (Phi) is 3.29.